The van der Waals surface area contributed by atoms with Gasteiger partial charge in [0.25, 0.3) is 5.91 Å². The van der Waals surface area contributed by atoms with Crippen LogP contribution in [-0.4, -0.2) is 17.0 Å². The third-order valence-electron chi connectivity index (χ3n) is 3.64. The third kappa shape index (κ3) is 5.04. The normalized spacial score (nSPS) is 10.5. The summed E-state index contributed by atoms with van der Waals surface area (Å²) in [6.45, 7) is 3.95. The molecule has 138 valence electrons. The molecule has 0 bridgehead atoms. The van der Waals surface area contributed by atoms with Crippen LogP contribution in [0.25, 0.3) is 0 Å². The van der Waals surface area contributed by atoms with Crippen molar-refractivity contribution < 1.29 is 13.9 Å². The molecule has 0 spiro atoms. The van der Waals surface area contributed by atoms with Crippen LogP contribution in [0.5, 0.6) is 5.75 Å². The number of benzene rings is 2. The van der Waals surface area contributed by atoms with E-state index in [1.54, 1.807) is 18.2 Å². The van der Waals surface area contributed by atoms with Crippen molar-refractivity contribution in [3.63, 3.8) is 0 Å². The van der Waals surface area contributed by atoms with Gasteiger partial charge in [-0.15, -0.1) is 0 Å². The van der Waals surface area contributed by atoms with Crippen LogP contribution in [0.3, 0.4) is 0 Å². The highest BCUT2D eigenvalue weighted by Gasteiger charge is 2.11. The zero-order valence-corrected chi connectivity index (χ0v) is 15.1. The molecule has 0 aliphatic carbocycles. The number of halogens is 1. The monoisotopic (exact) mass is 365 g/mol. The van der Waals surface area contributed by atoms with Crippen molar-refractivity contribution in [3.8, 4) is 5.75 Å². The van der Waals surface area contributed by atoms with Crippen molar-refractivity contribution in [1.29, 1.82) is 0 Å². The van der Waals surface area contributed by atoms with E-state index in [0.717, 1.165) is 11.4 Å². The number of ether oxygens (including phenoxy) is 1. The molecule has 1 heterocycles. The first-order chi connectivity index (χ1) is 13.0. The number of nitrogens with zero attached hydrogens (tertiary/aromatic N) is 1. The van der Waals surface area contributed by atoms with Crippen LogP contribution in [0.4, 0.5) is 21.6 Å². The quantitative estimate of drug-likeness (QED) is 0.645. The molecule has 0 aliphatic rings. The lowest BCUT2D eigenvalue weighted by atomic mass is 10.2. The number of carbonyl (C=O) groups is 1. The summed E-state index contributed by atoms with van der Waals surface area (Å²) in [6.07, 6.45) is 1.63. The van der Waals surface area contributed by atoms with Gasteiger partial charge in [-0.1, -0.05) is 12.1 Å². The topological polar surface area (TPSA) is 63.2 Å². The lowest BCUT2D eigenvalue weighted by molar-refractivity contribution is 0.102. The van der Waals surface area contributed by atoms with Crippen molar-refractivity contribution in [2.45, 2.75) is 20.0 Å². The van der Waals surface area contributed by atoms with Gasteiger partial charge in [0.05, 0.1) is 23.6 Å². The second kappa shape index (κ2) is 8.31. The molecule has 1 aromatic heterocycles. The van der Waals surface area contributed by atoms with E-state index in [0.29, 0.717) is 11.5 Å². The zero-order valence-electron chi connectivity index (χ0n) is 15.1. The minimum Gasteiger partial charge on any atom is -0.491 e. The molecule has 27 heavy (non-hydrogen) atoms. The number of carbonyl (C=O) groups excluding carboxylic acids is 1. The molecule has 3 rings (SSSR count). The SMILES string of the molecule is CC(C)Oc1ccc(Nc2ccc(NC(=O)c3ccccc3F)cn2)cc1. The molecule has 6 heteroatoms. The predicted octanol–water partition coefficient (Wildman–Crippen LogP) is 5.00. The first kappa shape index (κ1) is 18.4. The molecule has 0 atom stereocenters. The van der Waals surface area contributed by atoms with Crippen LogP contribution in [-0.2, 0) is 0 Å². The molecule has 0 saturated carbocycles. The molecule has 0 saturated heterocycles. The maximum absolute atomic E-state index is 13.7. The van der Waals surface area contributed by atoms with E-state index in [-0.39, 0.29) is 11.7 Å². The number of nitrogens with one attached hydrogen (secondary N) is 2. The number of anilines is 3. The van der Waals surface area contributed by atoms with Gasteiger partial charge in [-0.2, -0.15) is 0 Å². The van der Waals surface area contributed by atoms with Crippen molar-refractivity contribution in [1.82, 2.24) is 4.98 Å². The highest BCUT2D eigenvalue weighted by atomic mass is 19.1. The Morgan fingerprint density at radius 2 is 1.70 bits per heavy atom. The Balaban J connectivity index is 1.62. The second-order valence-corrected chi connectivity index (χ2v) is 6.18. The van der Waals surface area contributed by atoms with E-state index < -0.39 is 11.7 Å². The summed E-state index contributed by atoms with van der Waals surface area (Å²) in [5, 5.41) is 5.80. The summed E-state index contributed by atoms with van der Waals surface area (Å²) < 4.78 is 19.3. The highest BCUT2D eigenvalue weighted by molar-refractivity contribution is 6.04. The van der Waals surface area contributed by atoms with Gasteiger partial charge in [-0.3, -0.25) is 4.79 Å². The fraction of sp³-hybridized carbons (Fsp3) is 0.143. The van der Waals surface area contributed by atoms with Crippen molar-refractivity contribution in [3.05, 3.63) is 78.2 Å². The predicted molar refractivity (Wildman–Crippen MR) is 104 cm³/mol. The molecule has 2 N–H and O–H groups in total. The smallest absolute Gasteiger partial charge is 0.258 e. The van der Waals surface area contributed by atoms with Crippen molar-refractivity contribution in [2.24, 2.45) is 0 Å². The van der Waals surface area contributed by atoms with Gasteiger partial charge in [0.1, 0.15) is 17.4 Å². The summed E-state index contributed by atoms with van der Waals surface area (Å²) >= 11 is 0. The standard InChI is InChI=1S/C21H20FN3O2/c1-14(2)27-17-10-7-15(8-11-17)24-20-12-9-16(13-23-20)25-21(26)18-5-3-4-6-19(18)22/h3-14H,1-2H3,(H,23,24)(H,25,26). The van der Waals surface area contributed by atoms with Crippen LogP contribution >= 0.6 is 0 Å². The van der Waals surface area contributed by atoms with Crippen LogP contribution in [0.2, 0.25) is 0 Å². The number of rotatable bonds is 6. The lowest BCUT2D eigenvalue weighted by Crippen LogP contribution is -2.13. The van der Waals surface area contributed by atoms with Gasteiger partial charge >= 0.3 is 0 Å². The fourth-order valence-electron chi connectivity index (χ4n) is 2.42. The van der Waals surface area contributed by atoms with E-state index in [1.165, 1.54) is 24.4 Å². The lowest BCUT2D eigenvalue weighted by Gasteiger charge is -2.11. The summed E-state index contributed by atoms with van der Waals surface area (Å²) in [6, 6.07) is 16.8. The minimum absolute atomic E-state index is 0.0107. The molecular weight excluding hydrogens is 345 g/mol. The number of pyridine rings is 1. The Labute approximate surface area is 157 Å². The Bertz CT molecular complexity index is 909. The van der Waals surface area contributed by atoms with Crippen LogP contribution in [0, 0.1) is 5.82 Å². The first-order valence-electron chi connectivity index (χ1n) is 8.57. The van der Waals surface area contributed by atoms with Gasteiger partial charge in [0.15, 0.2) is 0 Å². The largest absolute Gasteiger partial charge is 0.491 e. The molecule has 0 aliphatic heterocycles. The Kier molecular flexibility index (Phi) is 5.66. The Hall–Kier alpha value is -3.41. The van der Waals surface area contributed by atoms with Crippen molar-refractivity contribution in [2.75, 3.05) is 10.6 Å². The highest BCUT2D eigenvalue weighted by Crippen LogP contribution is 2.21. The zero-order chi connectivity index (χ0) is 19.2. The molecule has 2 aromatic carbocycles. The van der Waals surface area contributed by atoms with Gasteiger partial charge in [-0.25, -0.2) is 9.37 Å². The van der Waals surface area contributed by atoms with E-state index in [4.69, 9.17) is 4.74 Å². The first-order valence-corrected chi connectivity index (χ1v) is 8.57. The summed E-state index contributed by atoms with van der Waals surface area (Å²) in [4.78, 5) is 16.4. The molecule has 1 amide bonds. The maximum atomic E-state index is 13.7. The fourth-order valence-corrected chi connectivity index (χ4v) is 2.42. The number of hydrogen-bond donors (Lipinski definition) is 2. The van der Waals surface area contributed by atoms with E-state index in [1.807, 2.05) is 38.1 Å². The number of aromatic nitrogens is 1. The molecule has 3 aromatic rings. The van der Waals surface area contributed by atoms with Gasteiger partial charge in [0.2, 0.25) is 0 Å². The average Bonchev–Trinajstić information content (AvgIpc) is 2.65. The number of hydrogen-bond acceptors (Lipinski definition) is 4. The third-order valence-corrected chi connectivity index (χ3v) is 3.64. The molecule has 0 fully saturated rings. The van der Waals surface area contributed by atoms with Crippen LogP contribution in [0.15, 0.2) is 66.9 Å². The maximum Gasteiger partial charge on any atom is 0.258 e. The van der Waals surface area contributed by atoms with E-state index >= 15 is 0 Å². The summed E-state index contributed by atoms with van der Waals surface area (Å²) in [7, 11) is 0. The van der Waals surface area contributed by atoms with E-state index in [9.17, 15) is 9.18 Å². The molecule has 0 radical (unpaired) electrons. The molecular formula is C21H20FN3O2. The van der Waals surface area contributed by atoms with Crippen LogP contribution in [0.1, 0.15) is 24.2 Å². The molecule has 5 nitrogen and oxygen atoms in total. The summed E-state index contributed by atoms with van der Waals surface area (Å²) in [5.74, 6) is 0.341. The minimum atomic E-state index is -0.564. The van der Waals surface area contributed by atoms with Gasteiger partial charge in [-0.05, 0) is 62.4 Å². The van der Waals surface area contributed by atoms with Crippen LogP contribution < -0.4 is 15.4 Å². The Morgan fingerprint density at radius 3 is 2.33 bits per heavy atom. The summed E-state index contributed by atoms with van der Waals surface area (Å²) in [5.41, 5.74) is 1.33. The molecule has 0 unspecified atom stereocenters. The number of amides is 1. The van der Waals surface area contributed by atoms with E-state index in [2.05, 4.69) is 15.6 Å². The second-order valence-electron chi connectivity index (χ2n) is 6.18. The Morgan fingerprint density at radius 1 is 1.00 bits per heavy atom. The van der Waals surface area contributed by atoms with Crippen molar-refractivity contribution >= 4 is 23.1 Å². The van der Waals surface area contributed by atoms with Gasteiger partial charge in [0, 0.05) is 5.69 Å². The van der Waals surface area contributed by atoms with Gasteiger partial charge < -0.3 is 15.4 Å². The average molecular weight is 365 g/mol.